The standard InChI is InChI=1S/C24H22ClN5O3S/c1-15-14-16(2)29(27-15)13-12-28(24-26-23-17(3)20(25)9-10-21(23)34-24)22(31)11-6-18-4-7-19(8-5-18)30(32)33/h4-11,14H,12-13H2,1-3H3/b11-6+. The van der Waals surface area contributed by atoms with Gasteiger partial charge in [0.15, 0.2) is 5.13 Å². The fourth-order valence-corrected chi connectivity index (χ4v) is 4.77. The molecular weight excluding hydrogens is 474 g/mol. The Kier molecular flexibility index (Phi) is 6.76. The minimum atomic E-state index is -0.458. The average molecular weight is 496 g/mol. The van der Waals surface area contributed by atoms with Crippen molar-refractivity contribution in [1.29, 1.82) is 0 Å². The second kappa shape index (κ2) is 9.74. The zero-order valence-electron chi connectivity index (χ0n) is 18.9. The van der Waals surface area contributed by atoms with Crippen LogP contribution in [0.25, 0.3) is 16.3 Å². The van der Waals surface area contributed by atoms with Gasteiger partial charge in [0.05, 0.1) is 27.4 Å². The van der Waals surface area contributed by atoms with E-state index in [2.05, 4.69) is 5.10 Å². The molecule has 10 heteroatoms. The van der Waals surface area contributed by atoms with E-state index in [0.717, 1.165) is 27.2 Å². The fourth-order valence-electron chi connectivity index (χ4n) is 3.57. The first-order chi connectivity index (χ1) is 16.2. The van der Waals surface area contributed by atoms with Gasteiger partial charge >= 0.3 is 0 Å². The van der Waals surface area contributed by atoms with Gasteiger partial charge in [-0.2, -0.15) is 5.10 Å². The number of carbonyl (C=O) groups is 1. The van der Waals surface area contributed by atoms with Crippen LogP contribution in [0.4, 0.5) is 10.8 Å². The van der Waals surface area contributed by atoms with Crippen LogP contribution in [0.15, 0.2) is 48.5 Å². The van der Waals surface area contributed by atoms with E-state index in [9.17, 15) is 14.9 Å². The molecule has 4 rings (SSSR count). The van der Waals surface area contributed by atoms with E-state index in [-0.39, 0.29) is 11.6 Å². The minimum Gasteiger partial charge on any atom is -0.283 e. The smallest absolute Gasteiger partial charge is 0.269 e. The number of hydrogen-bond donors (Lipinski definition) is 0. The normalized spacial score (nSPS) is 11.4. The van der Waals surface area contributed by atoms with Crippen molar-refractivity contribution in [2.45, 2.75) is 27.3 Å². The van der Waals surface area contributed by atoms with E-state index >= 15 is 0 Å². The number of carbonyl (C=O) groups excluding carboxylic acids is 1. The molecule has 2 heterocycles. The zero-order valence-corrected chi connectivity index (χ0v) is 20.4. The topological polar surface area (TPSA) is 94.2 Å². The van der Waals surface area contributed by atoms with Crippen molar-refractivity contribution in [3.8, 4) is 0 Å². The molecule has 174 valence electrons. The molecule has 0 aliphatic carbocycles. The number of benzene rings is 2. The molecule has 2 aromatic carbocycles. The summed E-state index contributed by atoms with van der Waals surface area (Å²) in [6.45, 7) is 6.69. The van der Waals surface area contributed by atoms with Gasteiger partial charge in [-0.3, -0.25) is 24.5 Å². The second-order valence-electron chi connectivity index (χ2n) is 7.84. The molecule has 0 saturated heterocycles. The number of hydrogen-bond acceptors (Lipinski definition) is 6. The number of rotatable bonds is 7. The van der Waals surface area contributed by atoms with E-state index in [1.165, 1.54) is 29.5 Å². The number of nitro benzene ring substituents is 1. The number of fused-ring (bicyclic) bond motifs is 1. The molecule has 2 aromatic heterocycles. The molecule has 0 bridgehead atoms. The van der Waals surface area contributed by atoms with Gasteiger partial charge < -0.3 is 0 Å². The van der Waals surface area contributed by atoms with Crippen LogP contribution in [0, 0.1) is 30.9 Å². The fraction of sp³-hybridized carbons (Fsp3) is 0.208. The Bertz CT molecular complexity index is 1410. The lowest BCUT2D eigenvalue weighted by Crippen LogP contribution is -2.33. The van der Waals surface area contributed by atoms with Crippen molar-refractivity contribution in [1.82, 2.24) is 14.8 Å². The number of aromatic nitrogens is 3. The van der Waals surface area contributed by atoms with Crippen molar-refractivity contribution in [3.63, 3.8) is 0 Å². The lowest BCUT2D eigenvalue weighted by molar-refractivity contribution is -0.384. The summed E-state index contributed by atoms with van der Waals surface area (Å²) in [4.78, 5) is 30.0. The summed E-state index contributed by atoms with van der Waals surface area (Å²) in [5.74, 6) is -0.248. The number of thiazole rings is 1. The van der Waals surface area contributed by atoms with Crippen LogP contribution in [0.1, 0.15) is 22.5 Å². The van der Waals surface area contributed by atoms with E-state index in [1.54, 1.807) is 23.1 Å². The first-order valence-corrected chi connectivity index (χ1v) is 11.7. The van der Waals surface area contributed by atoms with Gasteiger partial charge in [0, 0.05) is 35.5 Å². The summed E-state index contributed by atoms with van der Waals surface area (Å²) in [5.41, 5.74) is 4.25. The third kappa shape index (κ3) is 5.00. The SMILES string of the molecule is Cc1cc(C)n(CCN(C(=O)/C=C/c2ccc([N+](=O)[O-])cc2)c2nc3c(C)c(Cl)ccc3s2)n1. The molecule has 0 spiro atoms. The Morgan fingerprint density at radius 2 is 1.94 bits per heavy atom. The lowest BCUT2D eigenvalue weighted by atomic mass is 10.2. The Morgan fingerprint density at radius 1 is 1.21 bits per heavy atom. The monoisotopic (exact) mass is 495 g/mol. The molecule has 0 unspecified atom stereocenters. The molecule has 0 fully saturated rings. The summed E-state index contributed by atoms with van der Waals surface area (Å²) in [7, 11) is 0. The van der Waals surface area contributed by atoms with Gasteiger partial charge in [-0.15, -0.1) is 0 Å². The van der Waals surface area contributed by atoms with Crippen LogP contribution >= 0.6 is 22.9 Å². The predicted octanol–water partition coefficient (Wildman–Crippen LogP) is 5.73. The van der Waals surface area contributed by atoms with Gasteiger partial charge in [-0.25, -0.2) is 4.98 Å². The van der Waals surface area contributed by atoms with Crippen molar-refractivity contribution in [3.05, 3.63) is 86.2 Å². The van der Waals surface area contributed by atoms with Crippen LogP contribution in [-0.4, -0.2) is 32.1 Å². The molecule has 4 aromatic rings. The van der Waals surface area contributed by atoms with Gasteiger partial charge in [0.2, 0.25) is 0 Å². The first kappa shape index (κ1) is 23.6. The highest BCUT2D eigenvalue weighted by Gasteiger charge is 2.20. The van der Waals surface area contributed by atoms with Gasteiger partial charge in [0.25, 0.3) is 11.6 Å². The maximum atomic E-state index is 13.3. The zero-order chi connectivity index (χ0) is 24.4. The Balaban J connectivity index is 1.63. The predicted molar refractivity (Wildman–Crippen MR) is 136 cm³/mol. The Hall–Kier alpha value is -3.56. The average Bonchev–Trinajstić information content (AvgIpc) is 3.38. The lowest BCUT2D eigenvalue weighted by Gasteiger charge is -2.18. The molecule has 0 aliphatic heterocycles. The quantitative estimate of drug-likeness (QED) is 0.185. The molecule has 8 nitrogen and oxygen atoms in total. The van der Waals surface area contributed by atoms with Crippen molar-refractivity contribution < 1.29 is 9.72 Å². The molecule has 0 N–H and O–H groups in total. The number of halogens is 1. The molecule has 0 atom stereocenters. The number of aryl methyl sites for hydroxylation is 3. The van der Waals surface area contributed by atoms with Crippen molar-refractivity contribution in [2.75, 3.05) is 11.4 Å². The molecular formula is C24H22ClN5O3S. The number of non-ortho nitro benzene ring substituents is 1. The highest BCUT2D eigenvalue weighted by Crippen LogP contribution is 2.33. The van der Waals surface area contributed by atoms with Crippen molar-refractivity contribution in [2.24, 2.45) is 0 Å². The van der Waals surface area contributed by atoms with Crippen LogP contribution in [0.2, 0.25) is 5.02 Å². The highest BCUT2D eigenvalue weighted by molar-refractivity contribution is 7.22. The molecule has 0 aliphatic rings. The summed E-state index contributed by atoms with van der Waals surface area (Å²) in [6.07, 6.45) is 3.09. The summed E-state index contributed by atoms with van der Waals surface area (Å²) in [6, 6.07) is 11.7. The van der Waals surface area contributed by atoms with Gasteiger partial charge in [-0.1, -0.05) is 22.9 Å². The van der Waals surface area contributed by atoms with E-state index < -0.39 is 4.92 Å². The Labute approximate surface area is 205 Å². The maximum absolute atomic E-state index is 13.3. The summed E-state index contributed by atoms with van der Waals surface area (Å²) >= 11 is 7.69. The summed E-state index contributed by atoms with van der Waals surface area (Å²) < 4.78 is 2.81. The molecule has 0 saturated carbocycles. The summed E-state index contributed by atoms with van der Waals surface area (Å²) in [5, 5.41) is 16.6. The van der Waals surface area contributed by atoms with Gasteiger partial charge in [0.1, 0.15) is 0 Å². The van der Waals surface area contributed by atoms with Crippen LogP contribution in [0.5, 0.6) is 0 Å². The number of anilines is 1. The minimum absolute atomic E-state index is 0.00139. The number of amides is 1. The third-order valence-electron chi connectivity index (χ3n) is 5.39. The van der Waals surface area contributed by atoms with E-state index in [4.69, 9.17) is 16.6 Å². The third-order valence-corrected chi connectivity index (χ3v) is 6.85. The van der Waals surface area contributed by atoms with E-state index in [0.29, 0.717) is 28.8 Å². The largest absolute Gasteiger partial charge is 0.283 e. The van der Waals surface area contributed by atoms with E-state index in [1.807, 2.05) is 43.7 Å². The highest BCUT2D eigenvalue weighted by atomic mass is 35.5. The molecule has 34 heavy (non-hydrogen) atoms. The van der Waals surface area contributed by atoms with Crippen LogP contribution in [0.3, 0.4) is 0 Å². The number of nitrogens with zero attached hydrogens (tertiary/aromatic N) is 5. The number of nitro groups is 1. The molecule has 0 radical (unpaired) electrons. The van der Waals surface area contributed by atoms with Crippen LogP contribution in [-0.2, 0) is 11.3 Å². The second-order valence-corrected chi connectivity index (χ2v) is 9.25. The maximum Gasteiger partial charge on any atom is 0.269 e. The van der Waals surface area contributed by atoms with Gasteiger partial charge in [-0.05, 0) is 68.3 Å². The molecule has 1 amide bonds. The van der Waals surface area contributed by atoms with Crippen LogP contribution < -0.4 is 4.90 Å². The first-order valence-electron chi connectivity index (χ1n) is 10.5. The van der Waals surface area contributed by atoms with Crippen molar-refractivity contribution >= 4 is 56.0 Å². The Morgan fingerprint density at radius 3 is 2.59 bits per heavy atom.